The molecule has 1 aromatic carbocycles. The van der Waals surface area contributed by atoms with Crippen molar-refractivity contribution in [1.29, 1.82) is 5.41 Å². The summed E-state index contributed by atoms with van der Waals surface area (Å²) in [6, 6.07) is 3.75. The maximum atomic E-state index is 13.2. The van der Waals surface area contributed by atoms with Crippen LogP contribution in [0, 0.1) is 11.2 Å². The Kier molecular flexibility index (Phi) is 3.70. The molecule has 1 aromatic heterocycles. The Morgan fingerprint density at radius 2 is 2.20 bits per heavy atom. The summed E-state index contributed by atoms with van der Waals surface area (Å²) in [7, 11) is 1.51. The number of benzene rings is 1. The molecule has 0 aliphatic heterocycles. The van der Waals surface area contributed by atoms with Crippen molar-refractivity contribution in [2.24, 2.45) is 12.8 Å². The summed E-state index contributed by atoms with van der Waals surface area (Å²) in [5, 5.41) is 9.91. The third kappa shape index (κ3) is 2.77. The number of aromatic nitrogens is 3. The van der Waals surface area contributed by atoms with Gasteiger partial charge < -0.3 is 5.73 Å². The SMILES string of the molecule is Cn1[nH]c(=O)c(=O)nc1Sc1ccc(F)cc1C(=N)N. The standard InChI is InChI=1S/C11H10FN5O2S/c1-17-11(15-9(18)10(19)16-17)20-7-3-2-5(12)4-6(7)8(13)14/h2-4H,1H3,(H3,13,14)(H,16,19). The molecule has 0 aliphatic carbocycles. The molecule has 0 atom stereocenters. The predicted molar refractivity (Wildman–Crippen MR) is 71.6 cm³/mol. The highest BCUT2D eigenvalue weighted by Crippen LogP contribution is 2.28. The van der Waals surface area contributed by atoms with Gasteiger partial charge in [0.2, 0.25) is 0 Å². The van der Waals surface area contributed by atoms with Gasteiger partial charge in [0.1, 0.15) is 11.7 Å². The molecule has 0 bridgehead atoms. The van der Waals surface area contributed by atoms with Gasteiger partial charge in [-0.2, -0.15) is 4.98 Å². The lowest BCUT2D eigenvalue weighted by atomic mass is 10.2. The van der Waals surface area contributed by atoms with E-state index in [4.69, 9.17) is 11.1 Å². The number of aryl methyl sites for hydroxylation is 1. The maximum Gasteiger partial charge on any atom is 0.339 e. The Morgan fingerprint density at radius 3 is 2.85 bits per heavy atom. The normalized spacial score (nSPS) is 10.5. The molecule has 4 N–H and O–H groups in total. The predicted octanol–water partition coefficient (Wildman–Crippen LogP) is 0.0430. The number of amidine groups is 1. The van der Waals surface area contributed by atoms with Crippen molar-refractivity contribution in [2.45, 2.75) is 10.1 Å². The number of H-pyrrole nitrogens is 1. The van der Waals surface area contributed by atoms with Gasteiger partial charge in [-0.05, 0) is 30.0 Å². The number of aromatic amines is 1. The molecule has 20 heavy (non-hydrogen) atoms. The van der Waals surface area contributed by atoms with E-state index in [1.54, 1.807) is 0 Å². The van der Waals surface area contributed by atoms with Crippen LogP contribution in [0.3, 0.4) is 0 Å². The summed E-state index contributed by atoms with van der Waals surface area (Å²) in [4.78, 5) is 26.4. The Balaban J connectivity index is 2.50. The number of nitrogens with one attached hydrogen (secondary N) is 2. The average molecular weight is 295 g/mol. The summed E-state index contributed by atoms with van der Waals surface area (Å²) in [5.74, 6) is -0.829. The molecule has 2 rings (SSSR count). The van der Waals surface area contributed by atoms with E-state index in [1.165, 1.54) is 23.9 Å². The summed E-state index contributed by atoms with van der Waals surface area (Å²) in [5.41, 5.74) is 3.83. The van der Waals surface area contributed by atoms with Crippen LogP contribution < -0.4 is 16.9 Å². The molecule has 0 spiro atoms. The first kappa shape index (κ1) is 14.0. The van der Waals surface area contributed by atoms with E-state index in [0.717, 1.165) is 17.8 Å². The number of nitrogens with zero attached hydrogens (tertiary/aromatic N) is 2. The van der Waals surface area contributed by atoms with E-state index in [2.05, 4.69) is 10.1 Å². The Morgan fingerprint density at radius 1 is 1.50 bits per heavy atom. The van der Waals surface area contributed by atoms with Crippen molar-refractivity contribution in [3.05, 3.63) is 50.3 Å². The first-order valence-electron chi connectivity index (χ1n) is 5.37. The van der Waals surface area contributed by atoms with Crippen LogP contribution in [0.15, 0.2) is 37.8 Å². The van der Waals surface area contributed by atoms with Gasteiger partial charge in [-0.1, -0.05) is 0 Å². The van der Waals surface area contributed by atoms with E-state index in [9.17, 15) is 14.0 Å². The third-order valence-corrected chi connectivity index (χ3v) is 3.50. The minimum atomic E-state index is -0.919. The Labute approximate surface area is 116 Å². The molecule has 9 heteroatoms. The van der Waals surface area contributed by atoms with E-state index >= 15 is 0 Å². The largest absolute Gasteiger partial charge is 0.384 e. The van der Waals surface area contributed by atoms with Gasteiger partial charge >= 0.3 is 11.1 Å². The van der Waals surface area contributed by atoms with E-state index in [0.29, 0.717) is 4.90 Å². The maximum absolute atomic E-state index is 13.2. The number of rotatable bonds is 3. The lowest BCUT2D eigenvalue weighted by Crippen LogP contribution is -2.33. The first-order valence-corrected chi connectivity index (χ1v) is 6.19. The summed E-state index contributed by atoms with van der Waals surface area (Å²) in [6.45, 7) is 0. The smallest absolute Gasteiger partial charge is 0.339 e. The van der Waals surface area contributed by atoms with Crippen LogP contribution >= 0.6 is 11.8 Å². The Bertz CT molecular complexity index is 798. The molecule has 0 radical (unpaired) electrons. The van der Waals surface area contributed by atoms with Crippen LogP contribution in [-0.2, 0) is 7.05 Å². The van der Waals surface area contributed by atoms with Crippen molar-refractivity contribution in [3.63, 3.8) is 0 Å². The van der Waals surface area contributed by atoms with Crippen molar-refractivity contribution < 1.29 is 4.39 Å². The van der Waals surface area contributed by atoms with Gasteiger partial charge in [0, 0.05) is 17.5 Å². The summed E-state index contributed by atoms with van der Waals surface area (Å²) < 4.78 is 14.4. The lowest BCUT2D eigenvalue weighted by molar-refractivity contribution is 0.596. The van der Waals surface area contributed by atoms with E-state index in [-0.39, 0.29) is 16.6 Å². The number of hydrogen-bond acceptors (Lipinski definition) is 5. The fourth-order valence-electron chi connectivity index (χ4n) is 1.45. The second-order valence-corrected chi connectivity index (χ2v) is 4.86. The van der Waals surface area contributed by atoms with Crippen molar-refractivity contribution in [3.8, 4) is 0 Å². The molecule has 104 valence electrons. The summed E-state index contributed by atoms with van der Waals surface area (Å²) >= 11 is 0.995. The number of nitrogens with two attached hydrogens (primary N) is 1. The second-order valence-electron chi connectivity index (χ2n) is 3.86. The molecule has 0 fully saturated rings. The highest BCUT2D eigenvalue weighted by Gasteiger charge is 2.12. The van der Waals surface area contributed by atoms with Crippen molar-refractivity contribution >= 4 is 17.6 Å². The zero-order valence-electron chi connectivity index (χ0n) is 10.3. The quantitative estimate of drug-likeness (QED) is 0.420. The van der Waals surface area contributed by atoms with Gasteiger partial charge in [-0.25, -0.2) is 4.39 Å². The molecular formula is C11H10FN5O2S. The minimum absolute atomic E-state index is 0.190. The van der Waals surface area contributed by atoms with Gasteiger partial charge in [0.25, 0.3) is 0 Å². The second kappa shape index (κ2) is 5.29. The molecule has 1 heterocycles. The highest BCUT2D eigenvalue weighted by molar-refractivity contribution is 7.99. The van der Waals surface area contributed by atoms with Gasteiger partial charge in [-0.15, -0.1) is 0 Å². The number of halogens is 1. The van der Waals surface area contributed by atoms with Crippen LogP contribution in [0.1, 0.15) is 5.56 Å². The monoisotopic (exact) mass is 295 g/mol. The van der Waals surface area contributed by atoms with Crippen LogP contribution in [-0.4, -0.2) is 20.6 Å². The zero-order valence-corrected chi connectivity index (χ0v) is 11.1. The highest BCUT2D eigenvalue weighted by atomic mass is 32.2. The number of nitrogen functional groups attached to an aromatic ring is 1. The topological polar surface area (TPSA) is 118 Å². The van der Waals surface area contributed by atoms with Crippen LogP contribution in [0.4, 0.5) is 4.39 Å². The molecule has 0 saturated carbocycles. The molecule has 0 amide bonds. The molecule has 2 aromatic rings. The van der Waals surface area contributed by atoms with Crippen LogP contribution in [0.2, 0.25) is 0 Å². The van der Waals surface area contributed by atoms with Crippen LogP contribution in [0.25, 0.3) is 0 Å². The zero-order chi connectivity index (χ0) is 14.9. The molecule has 7 nitrogen and oxygen atoms in total. The molecule has 0 aliphatic rings. The molecule has 0 saturated heterocycles. The van der Waals surface area contributed by atoms with Crippen molar-refractivity contribution in [2.75, 3.05) is 0 Å². The Hall–Kier alpha value is -2.42. The fourth-order valence-corrected chi connectivity index (χ4v) is 2.37. The van der Waals surface area contributed by atoms with Crippen LogP contribution in [0.5, 0.6) is 0 Å². The summed E-state index contributed by atoms with van der Waals surface area (Å²) in [6.07, 6.45) is 0. The number of hydrogen-bond donors (Lipinski definition) is 3. The van der Waals surface area contributed by atoms with E-state index < -0.39 is 16.9 Å². The van der Waals surface area contributed by atoms with Gasteiger partial charge in [0.05, 0.1) is 0 Å². The average Bonchev–Trinajstić information content (AvgIpc) is 2.37. The van der Waals surface area contributed by atoms with E-state index in [1.807, 2.05) is 0 Å². The third-order valence-electron chi connectivity index (χ3n) is 2.38. The fraction of sp³-hybridized carbons (Fsp3) is 0.0909. The first-order chi connectivity index (χ1) is 9.38. The van der Waals surface area contributed by atoms with Gasteiger partial charge in [0.15, 0.2) is 5.16 Å². The lowest BCUT2D eigenvalue weighted by Gasteiger charge is -2.09. The van der Waals surface area contributed by atoms with Crippen molar-refractivity contribution in [1.82, 2.24) is 14.8 Å². The van der Waals surface area contributed by atoms with Gasteiger partial charge in [-0.3, -0.25) is 24.8 Å². The molecular weight excluding hydrogens is 285 g/mol. The minimum Gasteiger partial charge on any atom is -0.384 e. The molecule has 0 unspecified atom stereocenters.